The highest BCUT2D eigenvalue weighted by molar-refractivity contribution is 9.10. The zero-order valence-corrected chi connectivity index (χ0v) is 13.7. The van der Waals surface area contributed by atoms with E-state index in [1.165, 1.54) is 12.1 Å². The number of rotatable bonds is 6. The fourth-order valence-corrected chi connectivity index (χ4v) is 2.38. The van der Waals surface area contributed by atoms with E-state index in [0.29, 0.717) is 16.1 Å². The molecular formula is C16H18BrFN2O. The molecule has 0 spiro atoms. The normalized spacial score (nSPS) is 10.7. The molecule has 5 heteroatoms. The molecule has 0 amide bonds. The summed E-state index contributed by atoms with van der Waals surface area (Å²) in [5.74, 6) is 0.568. The number of pyridine rings is 1. The van der Waals surface area contributed by atoms with Crippen LogP contribution in [0.5, 0.6) is 11.6 Å². The van der Waals surface area contributed by atoms with Crippen molar-refractivity contribution in [3.8, 4) is 11.6 Å². The summed E-state index contributed by atoms with van der Waals surface area (Å²) in [6, 6.07) is 6.46. The van der Waals surface area contributed by atoms with Gasteiger partial charge < -0.3 is 10.1 Å². The molecular weight excluding hydrogens is 335 g/mol. The molecule has 0 saturated carbocycles. The Balaban J connectivity index is 2.10. The highest BCUT2D eigenvalue weighted by Gasteiger charge is 2.06. The Bertz CT molecular complexity index is 599. The highest BCUT2D eigenvalue weighted by atomic mass is 79.9. The summed E-state index contributed by atoms with van der Waals surface area (Å²) >= 11 is 3.24. The standard InChI is InChI=1S/C16H18BrFN2O/c1-3-4-19-9-12-5-11(2)16(20-10-12)21-15-7-13(17)6-14(18)8-15/h5-8,10,19H,3-4,9H2,1-2H3. The van der Waals surface area contributed by atoms with Crippen molar-refractivity contribution in [2.45, 2.75) is 26.8 Å². The molecule has 2 aromatic rings. The molecule has 2 rings (SSSR count). The van der Waals surface area contributed by atoms with Gasteiger partial charge in [-0.3, -0.25) is 0 Å². The van der Waals surface area contributed by atoms with E-state index in [-0.39, 0.29) is 5.82 Å². The summed E-state index contributed by atoms with van der Waals surface area (Å²) in [7, 11) is 0. The lowest BCUT2D eigenvalue weighted by Gasteiger charge is -2.10. The van der Waals surface area contributed by atoms with E-state index in [0.717, 1.165) is 30.6 Å². The van der Waals surface area contributed by atoms with Gasteiger partial charge in [0.25, 0.3) is 0 Å². The molecule has 112 valence electrons. The minimum absolute atomic E-state index is 0.350. The SMILES string of the molecule is CCCNCc1cnc(Oc2cc(F)cc(Br)c2)c(C)c1. The molecule has 0 fully saturated rings. The molecule has 1 N–H and O–H groups in total. The van der Waals surface area contributed by atoms with Crippen LogP contribution in [0.1, 0.15) is 24.5 Å². The van der Waals surface area contributed by atoms with E-state index >= 15 is 0 Å². The molecule has 0 atom stereocenters. The molecule has 1 aromatic heterocycles. The first-order valence-electron chi connectivity index (χ1n) is 6.88. The Hall–Kier alpha value is -1.46. The third-order valence-corrected chi connectivity index (χ3v) is 3.35. The van der Waals surface area contributed by atoms with Crippen LogP contribution in [-0.4, -0.2) is 11.5 Å². The number of hydrogen-bond acceptors (Lipinski definition) is 3. The number of ether oxygens (including phenoxy) is 1. The molecule has 3 nitrogen and oxygen atoms in total. The molecule has 0 unspecified atom stereocenters. The molecule has 1 heterocycles. The van der Waals surface area contributed by atoms with Crippen LogP contribution in [0.3, 0.4) is 0 Å². The Morgan fingerprint density at radius 1 is 1.29 bits per heavy atom. The van der Waals surface area contributed by atoms with Crippen LogP contribution in [-0.2, 0) is 6.54 Å². The minimum atomic E-state index is -0.350. The van der Waals surface area contributed by atoms with Crippen molar-refractivity contribution in [1.29, 1.82) is 0 Å². The quantitative estimate of drug-likeness (QED) is 0.772. The zero-order chi connectivity index (χ0) is 15.2. The second-order valence-electron chi connectivity index (χ2n) is 4.85. The molecule has 0 saturated heterocycles. The summed E-state index contributed by atoms with van der Waals surface area (Å²) in [6.45, 7) is 5.83. The fraction of sp³-hybridized carbons (Fsp3) is 0.312. The average Bonchev–Trinajstić information content (AvgIpc) is 2.41. The van der Waals surface area contributed by atoms with Gasteiger partial charge in [-0.2, -0.15) is 0 Å². The molecule has 0 radical (unpaired) electrons. The maximum absolute atomic E-state index is 13.3. The Labute approximate surface area is 132 Å². The number of benzene rings is 1. The molecule has 0 aliphatic rings. The van der Waals surface area contributed by atoms with Gasteiger partial charge in [0.1, 0.15) is 11.6 Å². The van der Waals surface area contributed by atoms with Crippen molar-refractivity contribution in [3.05, 3.63) is 51.9 Å². The van der Waals surface area contributed by atoms with Crippen molar-refractivity contribution in [1.82, 2.24) is 10.3 Å². The van der Waals surface area contributed by atoms with Gasteiger partial charge in [-0.25, -0.2) is 9.37 Å². The largest absolute Gasteiger partial charge is 0.439 e. The predicted octanol–water partition coefficient (Wildman–Crippen LogP) is 4.58. The van der Waals surface area contributed by atoms with Gasteiger partial charge in [-0.05, 0) is 43.7 Å². The van der Waals surface area contributed by atoms with E-state index in [1.54, 1.807) is 12.3 Å². The first kappa shape index (κ1) is 15.9. The summed E-state index contributed by atoms with van der Waals surface area (Å²) in [5, 5.41) is 3.33. The van der Waals surface area contributed by atoms with E-state index in [2.05, 4.69) is 33.2 Å². The van der Waals surface area contributed by atoms with Crippen LogP contribution in [0.25, 0.3) is 0 Å². The number of halogens is 2. The van der Waals surface area contributed by atoms with E-state index in [1.807, 2.05) is 13.0 Å². The number of nitrogens with one attached hydrogen (secondary N) is 1. The second kappa shape index (κ2) is 7.52. The lowest BCUT2D eigenvalue weighted by Crippen LogP contribution is -2.14. The zero-order valence-electron chi connectivity index (χ0n) is 12.1. The first-order valence-corrected chi connectivity index (χ1v) is 7.68. The maximum atomic E-state index is 13.3. The van der Waals surface area contributed by atoms with Crippen molar-refractivity contribution in [2.24, 2.45) is 0 Å². The van der Waals surface area contributed by atoms with Crippen molar-refractivity contribution in [3.63, 3.8) is 0 Å². The maximum Gasteiger partial charge on any atom is 0.222 e. The topological polar surface area (TPSA) is 34.2 Å². The predicted molar refractivity (Wildman–Crippen MR) is 85.1 cm³/mol. The lowest BCUT2D eigenvalue weighted by atomic mass is 10.2. The third-order valence-electron chi connectivity index (χ3n) is 2.89. The fourth-order valence-electron chi connectivity index (χ4n) is 1.93. The van der Waals surface area contributed by atoms with Crippen LogP contribution >= 0.6 is 15.9 Å². The Kier molecular flexibility index (Phi) is 5.70. The van der Waals surface area contributed by atoms with Crippen LogP contribution in [0.2, 0.25) is 0 Å². The smallest absolute Gasteiger partial charge is 0.222 e. The summed E-state index contributed by atoms with van der Waals surface area (Å²) in [6.07, 6.45) is 2.88. The van der Waals surface area contributed by atoms with Crippen LogP contribution in [0, 0.1) is 12.7 Å². The van der Waals surface area contributed by atoms with E-state index in [9.17, 15) is 4.39 Å². The molecule has 0 aliphatic carbocycles. The average molecular weight is 353 g/mol. The number of aromatic nitrogens is 1. The van der Waals surface area contributed by atoms with Gasteiger partial charge >= 0.3 is 0 Å². The highest BCUT2D eigenvalue weighted by Crippen LogP contribution is 2.26. The van der Waals surface area contributed by atoms with Gasteiger partial charge in [0.05, 0.1) is 0 Å². The molecule has 0 bridgehead atoms. The van der Waals surface area contributed by atoms with Crippen molar-refractivity contribution >= 4 is 15.9 Å². The number of aryl methyl sites for hydroxylation is 1. The van der Waals surface area contributed by atoms with Gasteiger partial charge in [0, 0.05) is 28.8 Å². The number of hydrogen-bond donors (Lipinski definition) is 1. The molecule has 0 aliphatic heterocycles. The van der Waals surface area contributed by atoms with Crippen LogP contribution in [0.4, 0.5) is 4.39 Å². The number of nitrogens with zero attached hydrogens (tertiary/aromatic N) is 1. The Morgan fingerprint density at radius 2 is 2.10 bits per heavy atom. The van der Waals surface area contributed by atoms with Gasteiger partial charge in [-0.1, -0.05) is 22.9 Å². The van der Waals surface area contributed by atoms with Crippen molar-refractivity contribution < 1.29 is 9.13 Å². The summed E-state index contributed by atoms with van der Waals surface area (Å²) in [4.78, 5) is 4.31. The van der Waals surface area contributed by atoms with Gasteiger partial charge in [0.15, 0.2) is 0 Å². The molecule has 1 aromatic carbocycles. The lowest BCUT2D eigenvalue weighted by molar-refractivity contribution is 0.453. The van der Waals surface area contributed by atoms with E-state index in [4.69, 9.17) is 4.74 Å². The summed E-state index contributed by atoms with van der Waals surface area (Å²) in [5.41, 5.74) is 2.03. The first-order chi connectivity index (χ1) is 10.1. The van der Waals surface area contributed by atoms with Gasteiger partial charge in [-0.15, -0.1) is 0 Å². The third kappa shape index (κ3) is 4.79. The van der Waals surface area contributed by atoms with Crippen LogP contribution < -0.4 is 10.1 Å². The van der Waals surface area contributed by atoms with Gasteiger partial charge in [0.2, 0.25) is 5.88 Å². The molecule has 21 heavy (non-hydrogen) atoms. The second-order valence-corrected chi connectivity index (χ2v) is 5.77. The minimum Gasteiger partial charge on any atom is -0.439 e. The summed E-state index contributed by atoms with van der Waals surface area (Å²) < 4.78 is 19.6. The van der Waals surface area contributed by atoms with Crippen molar-refractivity contribution in [2.75, 3.05) is 6.54 Å². The Morgan fingerprint density at radius 3 is 2.76 bits per heavy atom. The van der Waals surface area contributed by atoms with E-state index < -0.39 is 0 Å². The monoisotopic (exact) mass is 352 g/mol. The van der Waals surface area contributed by atoms with Crippen LogP contribution in [0.15, 0.2) is 34.9 Å².